The van der Waals surface area contributed by atoms with E-state index in [1.807, 2.05) is 0 Å². The van der Waals surface area contributed by atoms with Crippen molar-refractivity contribution < 1.29 is 17.9 Å². The van der Waals surface area contributed by atoms with Gasteiger partial charge in [-0.05, 0) is 39.5 Å². The fraction of sp³-hybridized carbons (Fsp3) is 0.909. The first-order valence-corrected chi connectivity index (χ1v) is 8.51. The fourth-order valence-corrected chi connectivity index (χ4v) is 2.93. The molecule has 0 aromatic rings. The number of alkyl carbamates (subject to hydrolysis) is 1. The molecule has 112 valence electrons. The zero-order valence-electron chi connectivity index (χ0n) is 11.5. The number of piperidine rings is 1. The second-order valence-electron chi connectivity index (χ2n) is 5.67. The largest absolute Gasteiger partial charge is 0.444 e. The maximum Gasteiger partial charge on any atom is 0.407 e. The molecule has 0 aromatic carbocycles. The van der Waals surface area contributed by atoms with Crippen molar-refractivity contribution in [1.82, 2.24) is 9.62 Å². The van der Waals surface area contributed by atoms with E-state index in [9.17, 15) is 13.2 Å². The van der Waals surface area contributed by atoms with Gasteiger partial charge in [0.2, 0.25) is 0 Å². The highest BCUT2D eigenvalue weighted by molar-refractivity contribution is 8.11. The molecule has 1 rings (SSSR count). The lowest BCUT2D eigenvalue weighted by molar-refractivity contribution is 0.0513. The average Bonchev–Trinajstić information content (AvgIpc) is 2.23. The third-order valence-corrected chi connectivity index (χ3v) is 4.38. The average molecular weight is 313 g/mol. The van der Waals surface area contributed by atoms with E-state index in [0.717, 1.165) is 0 Å². The molecule has 0 radical (unpaired) electrons. The maximum atomic E-state index is 11.5. The first-order chi connectivity index (χ1) is 8.58. The highest BCUT2D eigenvalue weighted by Gasteiger charge is 2.26. The van der Waals surface area contributed by atoms with Crippen molar-refractivity contribution >= 4 is 26.0 Å². The van der Waals surface area contributed by atoms with Crippen LogP contribution in [-0.2, 0) is 14.0 Å². The Kier molecular flexibility index (Phi) is 5.46. The number of ether oxygens (including phenoxy) is 1. The topological polar surface area (TPSA) is 75.7 Å². The molecule has 1 aliphatic rings. The van der Waals surface area contributed by atoms with Crippen LogP contribution in [0.3, 0.4) is 0 Å². The Morgan fingerprint density at radius 2 is 1.89 bits per heavy atom. The summed E-state index contributed by atoms with van der Waals surface area (Å²) in [4.78, 5) is 11.5. The van der Waals surface area contributed by atoms with Gasteiger partial charge in [-0.2, -0.15) is 12.7 Å². The number of hydrogen-bond acceptors (Lipinski definition) is 4. The van der Waals surface area contributed by atoms with Gasteiger partial charge in [-0.25, -0.2) is 4.79 Å². The normalized spacial score (nSPS) is 19.2. The highest BCUT2D eigenvalue weighted by atomic mass is 35.7. The molecule has 19 heavy (non-hydrogen) atoms. The summed E-state index contributed by atoms with van der Waals surface area (Å²) >= 11 is 0. The Bertz CT molecular complexity index is 411. The number of amides is 1. The first kappa shape index (κ1) is 16.5. The Morgan fingerprint density at radius 3 is 2.32 bits per heavy atom. The number of nitrogens with one attached hydrogen (secondary N) is 1. The van der Waals surface area contributed by atoms with Crippen LogP contribution in [0.5, 0.6) is 0 Å². The van der Waals surface area contributed by atoms with Crippen molar-refractivity contribution in [2.45, 2.75) is 39.2 Å². The van der Waals surface area contributed by atoms with Crippen molar-refractivity contribution in [2.75, 3.05) is 19.6 Å². The van der Waals surface area contributed by atoms with Gasteiger partial charge in [0.15, 0.2) is 0 Å². The van der Waals surface area contributed by atoms with Gasteiger partial charge in [0.1, 0.15) is 5.60 Å². The molecular weight excluding hydrogens is 292 g/mol. The Balaban J connectivity index is 2.29. The molecule has 1 saturated heterocycles. The van der Waals surface area contributed by atoms with Gasteiger partial charge < -0.3 is 10.1 Å². The summed E-state index contributed by atoms with van der Waals surface area (Å²) < 4.78 is 28.6. The minimum absolute atomic E-state index is 0.252. The number of rotatable bonds is 3. The van der Waals surface area contributed by atoms with Gasteiger partial charge in [-0.3, -0.25) is 0 Å². The standard InChI is InChI=1S/C11H21ClN2O4S/c1-11(2,3)18-10(15)13-8-9-4-6-14(7-5-9)19(12,16)17/h9H,4-8H2,1-3H3,(H,13,15). The zero-order chi connectivity index (χ0) is 14.7. The summed E-state index contributed by atoms with van der Waals surface area (Å²) in [6, 6.07) is 0. The molecule has 1 fully saturated rings. The lowest BCUT2D eigenvalue weighted by atomic mass is 9.98. The van der Waals surface area contributed by atoms with Crippen molar-refractivity contribution in [3.63, 3.8) is 0 Å². The highest BCUT2D eigenvalue weighted by Crippen LogP contribution is 2.20. The molecule has 0 unspecified atom stereocenters. The minimum Gasteiger partial charge on any atom is -0.444 e. The van der Waals surface area contributed by atoms with Gasteiger partial charge in [0, 0.05) is 30.3 Å². The first-order valence-electron chi connectivity index (χ1n) is 6.24. The van der Waals surface area contributed by atoms with Crippen molar-refractivity contribution in [3.05, 3.63) is 0 Å². The van der Waals surface area contributed by atoms with Gasteiger partial charge in [0.05, 0.1) is 0 Å². The van der Waals surface area contributed by atoms with Crippen LogP contribution in [0.2, 0.25) is 0 Å². The van der Waals surface area contributed by atoms with E-state index < -0.39 is 20.9 Å². The van der Waals surface area contributed by atoms with Gasteiger partial charge >= 0.3 is 6.09 Å². The summed E-state index contributed by atoms with van der Waals surface area (Å²) in [6.07, 6.45) is 0.920. The van der Waals surface area contributed by atoms with Crippen molar-refractivity contribution in [2.24, 2.45) is 5.92 Å². The predicted molar refractivity (Wildman–Crippen MR) is 73.3 cm³/mol. The Hall–Kier alpha value is -0.530. The van der Waals surface area contributed by atoms with E-state index in [-0.39, 0.29) is 5.92 Å². The Morgan fingerprint density at radius 1 is 1.37 bits per heavy atom. The molecule has 0 bridgehead atoms. The van der Waals surface area contributed by atoms with Gasteiger partial charge in [-0.1, -0.05) is 0 Å². The quantitative estimate of drug-likeness (QED) is 0.805. The van der Waals surface area contributed by atoms with E-state index in [4.69, 9.17) is 15.4 Å². The summed E-state index contributed by atoms with van der Waals surface area (Å²) in [5, 5.41) is 2.70. The summed E-state index contributed by atoms with van der Waals surface area (Å²) in [7, 11) is 1.66. The third kappa shape index (κ3) is 6.44. The van der Waals surface area contributed by atoms with E-state index in [1.165, 1.54) is 4.31 Å². The van der Waals surface area contributed by atoms with Crippen molar-refractivity contribution in [3.8, 4) is 0 Å². The molecule has 8 heteroatoms. The smallest absolute Gasteiger partial charge is 0.407 e. The molecule has 0 saturated carbocycles. The minimum atomic E-state index is -3.61. The number of carbonyl (C=O) groups is 1. The van der Waals surface area contributed by atoms with Crippen molar-refractivity contribution in [1.29, 1.82) is 0 Å². The predicted octanol–water partition coefficient (Wildman–Crippen LogP) is 1.71. The Labute approximate surface area is 119 Å². The number of nitrogens with zero attached hydrogens (tertiary/aromatic N) is 1. The monoisotopic (exact) mass is 312 g/mol. The molecule has 0 aliphatic carbocycles. The summed E-state index contributed by atoms with van der Waals surface area (Å²) in [6.45, 7) is 6.69. The molecular formula is C11H21ClN2O4S. The molecule has 0 aromatic heterocycles. The summed E-state index contributed by atoms with van der Waals surface area (Å²) in [5.41, 5.74) is -0.514. The van der Waals surface area contributed by atoms with Gasteiger partial charge in [0.25, 0.3) is 9.24 Å². The fourth-order valence-electron chi connectivity index (χ4n) is 1.87. The van der Waals surface area contributed by atoms with E-state index in [1.54, 1.807) is 20.8 Å². The second-order valence-corrected chi connectivity index (χ2v) is 8.18. The zero-order valence-corrected chi connectivity index (χ0v) is 13.1. The number of hydrogen-bond donors (Lipinski definition) is 1. The number of halogens is 1. The molecule has 1 amide bonds. The molecule has 1 aliphatic heterocycles. The number of carbonyl (C=O) groups excluding carboxylic acids is 1. The van der Waals surface area contributed by atoms with E-state index in [2.05, 4.69) is 5.32 Å². The molecule has 1 heterocycles. The molecule has 0 atom stereocenters. The third-order valence-electron chi connectivity index (χ3n) is 2.82. The van der Waals surface area contributed by atoms with E-state index >= 15 is 0 Å². The van der Waals surface area contributed by atoms with Crippen LogP contribution < -0.4 is 5.32 Å². The summed E-state index contributed by atoms with van der Waals surface area (Å²) in [5.74, 6) is 0.252. The van der Waals surface area contributed by atoms with Crippen LogP contribution in [0.15, 0.2) is 0 Å². The van der Waals surface area contributed by atoms with Gasteiger partial charge in [-0.15, -0.1) is 0 Å². The lowest BCUT2D eigenvalue weighted by Crippen LogP contribution is -2.41. The van der Waals surface area contributed by atoms with Crippen LogP contribution in [-0.4, -0.2) is 44.1 Å². The molecule has 1 N–H and O–H groups in total. The second kappa shape index (κ2) is 6.28. The molecule has 6 nitrogen and oxygen atoms in total. The SMILES string of the molecule is CC(C)(C)OC(=O)NCC1CCN(S(=O)(=O)Cl)CC1. The van der Waals surface area contributed by atoms with Crippen LogP contribution in [0.25, 0.3) is 0 Å². The van der Waals surface area contributed by atoms with Crippen LogP contribution in [0.4, 0.5) is 4.79 Å². The molecule has 0 spiro atoms. The van der Waals surface area contributed by atoms with Crippen LogP contribution >= 0.6 is 10.7 Å². The lowest BCUT2D eigenvalue weighted by Gasteiger charge is -2.29. The van der Waals surface area contributed by atoms with Crippen LogP contribution in [0, 0.1) is 5.92 Å². The van der Waals surface area contributed by atoms with E-state index in [0.29, 0.717) is 32.5 Å². The van der Waals surface area contributed by atoms with Crippen LogP contribution in [0.1, 0.15) is 33.6 Å². The maximum absolute atomic E-state index is 11.5.